The highest BCUT2D eigenvalue weighted by Gasteiger charge is 2.38. The van der Waals surface area contributed by atoms with Crippen molar-refractivity contribution in [1.29, 1.82) is 0 Å². The Morgan fingerprint density at radius 3 is 2.16 bits per heavy atom. The van der Waals surface area contributed by atoms with Crippen LogP contribution in [0, 0.1) is 23.3 Å². The number of aliphatic imine (C=N–C) groups is 1. The fraction of sp³-hybridized carbons (Fsp3) is 0.333. The van der Waals surface area contributed by atoms with Crippen LogP contribution < -0.4 is 0 Å². The van der Waals surface area contributed by atoms with E-state index in [1.807, 2.05) is 0 Å². The van der Waals surface area contributed by atoms with Crippen molar-refractivity contribution in [2.75, 3.05) is 39.5 Å². The van der Waals surface area contributed by atoms with E-state index in [4.69, 9.17) is 31.5 Å². The van der Waals surface area contributed by atoms with Gasteiger partial charge in [-0.3, -0.25) is 14.7 Å². The Morgan fingerprint density at radius 2 is 1.66 bits per heavy atom. The van der Waals surface area contributed by atoms with Crippen molar-refractivity contribution in [3.63, 3.8) is 0 Å². The van der Waals surface area contributed by atoms with Crippen molar-refractivity contribution in [2.24, 2.45) is 4.99 Å². The molecule has 1 aliphatic rings. The zero-order chi connectivity index (χ0) is 28.0. The summed E-state index contributed by atoms with van der Waals surface area (Å²) in [5, 5.41) is 29.1. The molecule has 38 heavy (non-hydrogen) atoms. The van der Waals surface area contributed by atoms with Crippen molar-refractivity contribution >= 4 is 23.4 Å². The van der Waals surface area contributed by atoms with Gasteiger partial charge in [-0.2, -0.15) is 0 Å². The van der Waals surface area contributed by atoms with Crippen LogP contribution in [0.15, 0.2) is 46.6 Å². The van der Waals surface area contributed by atoms with Crippen LogP contribution in [0.2, 0.25) is 5.02 Å². The SMILES string of the molecule is CCN1C(c2c(F)cc(F)cc2F)=NC(c2ccc(F)cc2Cl)C(C(=O)O)=C1CN(OCCO)OCCO. The number of aliphatic hydroxyl groups is 2. The molecule has 1 heterocycles. The molecule has 0 aliphatic carbocycles. The number of rotatable bonds is 12. The van der Waals surface area contributed by atoms with Gasteiger partial charge in [-0.1, -0.05) is 22.9 Å². The third-order valence-corrected chi connectivity index (χ3v) is 5.71. The van der Waals surface area contributed by atoms with Gasteiger partial charge in [0, 0.05) is 29.3 Å². The van der Waals surface area contributed by atoms with E-state index in [-0.39, 0.29) is 36.0 Å². The van der Waals surface area contributed by atoms with Crippen LogP contribution in [-0.2, 0) is 14.5 Å². The Bertz CT molecular complexity index is 1210. The van der Waals surface area contributed by atoms with Gasteiger partial charge >= 0.3 is 5.97 Å². The number of carbonyl (C=O) groups is 1. The van der Waals surface area contributed by atoms with Gasteiger partial charge in [0.05, 0.1) is 49.8 Å². The third-order valence-electron chi connectivity index (χ3n) is 5.38. The number of carboxylic acid groups (broad SMARTS) is 1. The summed E-state index contributed by atoms with van der Waals surface area (Å²) in [6.07, 6.45) is 0. The lowest BCUT2D eigenvalue weighted by molar-refractivity contribution is -0.368. The lowest BCUT2D eigenvalue weighted by Gasteiger charge is -2.37. The molecule has 0 aromatic heterocycles. The number of amidine groups is 1. The first-order valence-electron chi connectivity index (χ1n) is 11.3. The molecule has 0 spiro atoms. The number of halogens is 5. The molecule has 3 rings (SSSR count). The highest BCUT2D eigenvalue weighted by atomic mass is 35.5. The van der Waals surface area contributed by atoms with E-state index in [0.717, 1.165) is 17.4 Å². The molecule has 3 N–H and O–H groups in total. The van der Waals surface area contributed by atoms with Crippen molar-refractivity contribution in [1.82, 2.24) is 10.1 Å². The van der Waals surface area contributed by atoms with E-state index in [0.29, 0.717) is 12.1 Å². The molecule has 1 aliphatic heterocycles. The molecule has 0 amide bonds. The van der Waals surface area contributed by atoms with E-state index in [9.17, 15) is 27.5 Å². The van der Waals surface area contributed by atoms with Gasteiger partial charge < -0.3 is 20.2 Å². The smallest absolute Gasteiger partial charge is 0.335 e. The molecule has 0 fully saturated rings. The topological polar surface area (TPSA) is 115 Å². The first-order chi connectivity index (χ1) is 18.1. The minimum Gasteiger partial charge on any atom is -0.478 e. The summed E-state index contributed by atoms with van der Waals surface area (Å²) in [5.41, 5.74) is -1.25. The highest BCUT2D eigenvalue weighted by Crippen LogP contribution is 2.39. The summed E-state index contributed by atoms with van der Waals surface area (Å²) in [4.78, 5) is 28.6. The number of likely N-dealkylation sites (N-methyl/N-ethyl adjacent to an activating group) is 1. The average molecular weight is 562 g/mol. The first-order valence-corrected chi connectivity index (χ1v) is 11.7. The average Bonchev–Trinajstić information content (AvgIpc) is 2.84. The summed E-state index contributed by atoms with van der Waals surface area (Å²) in [6, 6.07) is 2.54. The molecule has 1 unspecified atom stereocenters. The second kappa shape index (κ2) is 13.1. The Kier molecular flexibility index (Phi) is 10.2. The van der Waals surface area contributed by atoms with E-state index in [1.165, 1.54) is 11.0 Å². The first kappa shape index (κ1) is 29.5. The van der Waals surface area contributed by atoms with Crippen LogP contribution in [0.1, 0.15) is 24.1 Å². The minimum absolute atomic E-state index is 0.0123. The zero-order valence-electron chi connectivity index (χ0n) is 20.0. The summed E-state index contributed by atoms with van der Waals surface area (Å²) >= 11 is 6.22. The molecule has 2 aromatic rings. The van der Waals surface area contributed by atoms with Gasteiger partial charge in [0.15, 0.2) is 0 Å². The number of aliphatic hydroxyl groups excluding tert-OH is 2. The Hall–Kier alpha value is -3.07. The van der Waals surface area contributed by atoms with Crippen molar-refractivity contribution in [3.8, 4) is 0 Å². The molecular weight excluding hydrogens is 538 g/mol. The summed E-state index contributed by atoms with van der Waals surface area (Å²) in [6.45, 7) is -0.437. The number of nitrogens with zero attached hydrogens (tertiary/aromatic N) is 3. The third kappa shape index (κ3) is 6.49. The lowest BCUT2D eigenvalue weighted by Crippen LogP contribution is -2.43. The summed E-state index contributed by atoms with van der Waals surface area (Å²) < 4.78 is 57.3. The molecule has 0 saturated heterocycles. The maximum absolute atomic E-state index is 14.9. The molecule has 206 valence electrons. The molecule has 0 saturated carbocycles. The molecule has 0 radical (unpaired) electrons. The van der Waals surface area contributed by atoms with Crippen LogP contribution in [0.4, 0.5) is 17.6 Å². The van der Waals surface area contributed by atoms with Crippen molar-refractivity contribution in [3.05, 3.63) is 81.0 Å². The maximum atomic E-state index is 14.9. The predicted octanol–water partition coefficient (Wildman–Crippen LogP) is 3.21. The summed E-state index contributed by atoms with van der Waals surface area (Å²) in [7, 11) is 0. The van der Waals surface area contributed by atoms with E-state index in [2.05, 4.69) is 4.99 Å². The number of benzene rings is 2. The monoisotopic (exact) mass is 561 g/mol. The quantitative estimate of drug-likeness (QED) is 0.267. The van der Waals surface area contributed by atoms with Gasteiger partial charge in [-0.15, -0.1) is 0 Å². The maximum Gasteiger partial charge on any atom is 0.335 e. The number of hydrogen-bond acceptors (Lipinski definition) is 8. The Morgan fingerprint density at radius 1 is 1.05 bits per heavy atom. The molecule has 0 bridgehead atoms. The molecular formula is C24H24ClF4N3O6. The number of aliphatic carboxylic acids is 1. The standard InChI is InChI=1S/C24H24ClF4N3O6/c1-2-31-19(12-32(37-7-5-33)38-8-6-34)21(24(35)36)22(15-4-3-13(26)9-16(15)25)30-23(31)20-17(28)10-14(27)11-18(20)29/h3-4,9-11,22,33-34H,2,5-8,12H2,1H3,(H,35,36). The van der Waals surface area contributed by atoms with E-state index < -0.39 is 72.0 Å². The Balaban J connectivity index is 2.29. The second-order valence-corrected chi connectivity index (χ2v) is 8.19. The van der Waals surface area contributed by atoms with Crippen LogP contribution in [0.3, 0.4) is 0 Å². The fourth-order valence-corrected chi connectivity index (χ4v) is 4.15. The Labute approximate surface area is 219 Å². The second-order valence-electron chi connectivity index (χ2n) is 7.78. The van der Waals surface area contributed by atoms with Gasteiger partial charge in [-0.05, 0) is 19.1 Å². The number of hydrogen-bond donors (Lipinski definition) is 3. The largest absolute Gasteiger partial charge is 0.478 e. The molecule has 2 aromatic carbocycles. The molecule has 14 heteroatoms. The van der Waals surface area contributed by atoms with E-state index >= 15 is 0 Å². The molecule has 1 atom stereocenters. The van der Waals surface area contributed by atoms with Gasteiger partial charge in [0.25, 0.3) is 0 Å². The number of carboxylic acids is 1. The minimum atomic E-state index is -1.49. The van der Waals surface area contributed by atoms with Crippen LogP contribution in [-0.4, -0.2) is 76.8 Å². The number of hydroxylamine groups is 2. The fourth-order valence-electron chi connectivity index (χ4n) is 3.88. The van der Waals surface area contributed by atoms with Crippen LogP contribution >= 0.6 is 11.6 Å². The normalized spacial score (nSPS) is 15.9. The van der Waals surface area contributed by atoms with Gasteiger partial charge in [-0.25, -0.2) is 22.4 Å². The van der Waals surface area contributed by atoms with Crippen molar-refractivity contribution < 1.29 is 47.4 Å². The van der Waals surface area contributed by atoms with Crippen molar-refractivity contribution in [2.45, 2.75) is 13.0 Å². The van der Waals surface area contributed by atoms with Gasteiger partial charge in [0.1, 0.15) is 35.1 Å². The zero-order valence-corrected chi connectivity index (χ0v) is 20.8. The molecule has 9 nitrogen and oxygen atoms in total. The lowest BCUT2D eigenvalue weighted by atomic mass is 9.93. The highest BCUT2D eigenvalue weighted by molar-refractivity contribution is 6.31. The summed E-state index contributed by atoms with van der Waals surface area (Å²) in [5.74, 6) is -6.37. The van der Waals surface area contributed by atoms with Gasteiger partial charge in [0.2, 0.25) is 0 Å². The predicted molar refractivity (Wildman–Crippen MR) is 127 cm³/mol. The van der Waals surface area contributed by atoms with Crippen LogP contribution in [0.5, 0.6) is 0 Å². The van der Waals surface area contributed by atoms with E-state index in [1.54, 1.807) is 6.92 Å². The van der Waals surface area contributed by atoms with Crippen LogP contribution in [0.25, 0.3) is 0 Å².